The first kappa shape index (κ1) is 11.7. The molecule has 0 bridgehead atoms. The number of primary amides is 1. The number of sulfonamides is 1. The average molecular weight is 233 g/mol. The molecule has 0 aromatic carbocycles. The number of primary sulfonamides is 1. The van der Waals surface area contributed by atoms with E-state index in [1.807, 2.05) is 0 Å². The first-order chi connectivity index (χ1) is 6.89. The van der Waals surface area contributed by atoms with E-state index in [0.29, 0.717) is 5.76 Å². The maximum atomic E-state index is 10.8. The van der Waals surface area contributed by atoms with Crippen molar-refractivity contribution in [3.05, 3.63) is 17.9 Å². The van der Waals surface area contributed by atoms with E-state index in [0.717, 1.165) is 0 Å². The Balaban J connectivity index is 2.58. The Morgan fingerprint density at radius 2 is 2.13 bits per heavy atom. The average Bonchev–Trinajstić information content (AvgIpc) is 2.51. The lowest BCUT2D eigenvalue weighted by Crippen LogP contribution is -2.27. The molecule has 1 aromatic heterocycles. The first-order valence-electron chi connectivity index (χ1n) is 4.00. The van der Waals surface area contributed by atoms with E-state index in [-0.39, 0.29) is 18.2 Å². The van der Waals surface area contributed by atoms with Crippen molar-refractivity contribution >= 4 is 15.9 Å². The van der Waals surface area contributed by atoms with Gasteiger partial charge in [-0.2, -0.15) is 0 Å². The fourth-order valence-corrected chi connectivity index (χ4v) is 1.40. The molecule has 84 valence electrons. The number of hydrogen-bond acceptors (Lipinski definition) is 5. The summed E-state index contributed by atoms with van der Waals surface area (Å²) in [4.78, 5) is 10.4. The van der Waals surface area contributed by atoms with Crippen LogP contribution in [0.2, 0.25) is 0 Å². The van der Waals surface area contributed by atoms with Crippen LogP contribution in [0.1, 0.15) is 5.76 Å². The Morgan fingerprint density at radius 1 is 1.47 bits per heavy atom. The lowest BCUT2D eigenvalue weighted by atomic mass is 10.4. The summed E-state index contributed by atoms with van der Waals surface area (Å²) in [5.74, 6) is -0.145. The molecule has 0 fully saturated rings. The van der Waals surface area contributed by atoms with Gasteiger partial charge in [0.1, 0.15) is 5.76 Å². The van der Waals surface area contributed by atoms with Crippen LogP contribution in [0.15, 0.2) is 21.6 Å². The zero-order valence-corrected chi connectivity index (χ0v) is 8.58. The van der Waals surface area contributed by atoms with E-state index in [4.69, 9.17) is 15.3 Å². The van der Waals surface area contributed by atoms with Gasteiger partial charge in [0.25, 0.3) is 10.0 Å². The highest BCUT2D eigenvalue weighted by atomic mass is 32.2. The van der Waals surface area contributed by atoms with Gasteiger partial charge in [-0.1, -0.05) is 0 Å². The predicted octanol–water partition coefficient (Wildman–Crippen LogP) is -1.50. The maximum Gasteiger partial charge on any atom is 0.271 e. The molecule has 1 rings (SSSR count). The van der Waals surface area contributed by atoms with E-state index >= 15 is 0 Å². The highest BCUT2D eigenvalue weighted by molar-refractivity contribution is 7.89. The number of nitrogens with one attached hydrogen (secondary N) is 1. The van der Waals surface area contributed by atoms with Crippen molar-refractivity contribution < 1.29 is 17.6 Å². The second-order valence-corrected chi connectivity index (χ2v) is 4.33. The van der Waals surface area contributed by atoms with Gasteiger partial charge < -0.3 is 15.5 Å². The number of hydrogen-bond donors (Lipinski definition) is 3. The fraction of sp³-hybridized carbons (Fsp3) is 0.286. The minimum atomic E-state index is -3.81. The molecule has 0 unspecified atom stereocenters. The van der Waals surface area contributed by atoms with Crippen LogP contribution in [0.25, 0.3) is 0 Å². The second-order valence-electron chi connectivity index (χ2n) is 2.84. The minimum absolute atomic E-state index is 0.00852. The Labute approximate surface area is 86.5 Å². The highest BCUT2D eigenvalue weighted by Gasteiger charge is 2.12. The van der Waals surface area contributed by atoms with Gasteiger partial charge in [0.15, 0.2) is 0 Å². The quantitative estimate of drug-likeness (QED) is 0.570. The summed E-state index contributed by atoms with van der Waals surface area (Å²) in [6.45, 7) is 0.198. The maximum absolute atomic E-state index is 10.8. The van der Waals surface area contributed by atoms with Crippen molar-refractivity contribution in [1.29, 1.82) is 0 Å². The summed E-state index contributed by atoms with van der Waals surface area (Å²) in [6.07, 6.45) is 0. The van der Waals surface area contributed by atoms with Gasteiger partial charge in [-0.3, -0.25) is 4.79 Å². The van der Waals surface area contributed by atoms with Gasteiger partial charge in [-0.05, 0) is 12.1 Å². The van der Waals surface area contributed by atoms with Crippen molar-refractivity contribution in [2.24, 2.45) is 10.9 Å². The molecule has 0 aliphatic rings. The van der Waals surface area contributed by atoms with Gasteiger partial charge in [-0.15, -0.1) is 0 Å². The van der Waals surface area contributed by atoms with Crippen LogP contribution in [0, 0.1) is 0 Å². The first-order valence-corrected chi connectivity index (χ1v) is 5.55. The van der Waals surface area contributed by atoms with Crippen LogP contribution in [0.3, 0.4) is 0 Å². The van der Waals surface area contributed by atoms with Crippen molar-refractivity contribution in [1.82, 2.24) is 5.32 Å². The summed E-state index contributed by atoms with van der Waals surface area (Å²) in [5, 5.41) is 7.19. The standard InChI is InChI=1S/C7H11N3O4S/c8-6(11)4-10-3-5-1-2-7(14-5)15(9,12)13/h1-2,10H,3-4H2,(H2,8,11)(H2,9,12,13). The van der Waals surface area contributed by atoms with Crippen LogP contribution in [-0.2, 0) is 21.4 Å². The van der Waals surface area contributed by atoms with Crippen LogP contribution in [0.4, 0.5) is 0 Å². The predicted molar refractivity (Wildman–Crippen MR) is 51.0 cm³/mol. The topological polar surface area (TPSA) is 128 Å². The lowest BCUT2D eigenvalue weighted by molar-refractivity contribution is -0.117. The molecule has 0 spiro atoms. The molecule has 15 heavy (non-hydrogen) atoms. The molecule has 1 amide bonds. The molecule has 7 nitrogen and oxygen atoms in total. The molecule has 0 saturated carbocycles. The molecule has 5 N–H and O–H groups in total. The van der Waals surface area contributed by atoms with Gasteiger partial charge >= 0.3 is 0 Å². The molecule has 0 radical (unpaired) electrons. The number of nitrogens with two attached hydrogens (primary N) is 2. The Hall–Kier alpha value is -1.38. The molecule has 1 aromatic rings. The van der Waals surface area contributed by atoms with Gasteiger partial charge in [0, 0.05) is 0 Å². The smallest absolute Gasteiger partial charge is 0.271 e. The van der Waals surface area contributed by atoms with Crippen LogP contribution in [-0.4, -0.2) is 20.9 Å². The normalized spacial score (nSPS) is 11.5. The van der Waals surface area contributed by atoms with E-state index in [1.54, 1.807) is 0 Å². The summed E-state index contributed by atoms with van der Waals surface area (Å²) in [7, 11) is -3.81. The van der Waals surface area contributed by atoms with Gasteiger partial charge in [-0.25, -0.2) is 13.6 Å². The summed E-state index contributed by atoms with van der Waals surface area (Å²) in [5.41, 5.74) is 4.88. The molecule has 0 atom stereocenters. The highest BCUT2D eigenvalue weighted by Crippen LogP contribution is 2.11. The number of amides is 1. The van der Waals surface area contributed by atoms with Crippen molar-refractivity contribution in [2.45, 2.75) is 11.6 Å². The SMILES string of the molecule is NC(=O)CNCc1ccc(S(N)(=O)=O)o1. The Morgan fingerprint density at radius 3 is 2.60 bits per heavy atom. The largest absolute Gasteiger partial charge is 0.447 e. The lowest BCUT2D eigenvalue weighted by Gasteiger charge is -1.98. The third kappa shape index (κ3) is 3.70. The third-order valence-electron chi connectivity index (χ3n) is 1.52. The molecule has 8 heteroatoms. The van der Waals surface area contributed by atoms with Crippen LogP contribution >= 0.6 is 0 Å². The van der Waals surface area contributed by atoms with E-state index in [2.05, 4.69) is 5.32 Å². The van der Waals surface area contributed by atoms with Crippen LogP contribution < -0.4 is 16.2 Å². The second kappa shape index (κ2) is 4.43. The molecular weight excluding hydrogens is 222 g/mol. The summed E-state index contributed by atoms with van der Waals surface area (Å²) >= 11 is 0. The zero-order chi connectivity index (χ0) is 11.5. The third-order valence-corrected chi connectivity index (χ3v) is 2.30. The number of carbonyl (C=O) groups is 1. The van der Waals surface area contributed by atoms with Crippen LogP contribution in [0.5, 0.6) is 0 Å². The van der Waals surface area contributed by atoms with Crippen molar-refractivity contribution in [3.8, 4) is 0 Å². The summed E-state index contributed by atoms with van der Waals surface area (Å²) < 4.78 is 26.5. The molecular formula is C7H11N3O4S. The summed E-state index contributed by atoms with van der Waals surface area (Å²) in [6, 6.07) is 2.70. The van der Waals surface area contributed by atoms with E-state index in [1.165, 1.54) is 12.1 Å². The van der Waals surface area contributed by atoms with Gasteiger partial charge in [0.2, 0.25) is 11.0 Å². The zero-order valence-electron chi connectivity index (χ0n) is 7.76. The van der Waals surface area contributed by atoms with E-state index < -0.39 is 15.9 Å². The van der Waals surface area contributed by atoms with E-state index in [9.17, 15) is 13.2 Å². The molecule has 0 saturated heterocycles. The number of carbonyl (C=O) groups excluding carboxylic acids is 1. The number of furan rings is 1. The molecule has 0 aliphatic heterocycles. The van der Waals surface area contributed by atoms with Gasteiger partial charge in [0.05, 0.1) is 13.1 Å². The van der Waals surface area contributed by atoms with Crippen molar-refractivity contribution in [3.63, 3.8) is 0 Å². The molecule has 0 aliphatic carbocycles. The molecule has 1 heterocycles. The number of rotatable bonds is 5. The monoisotopic (exact) mass is 233 g/mol. The Kier molecular flexibility index (Phi) is 3.45. The Bertz CT molecular complexity index is 451. The minimum Gasteiger partial charge on any atom is -0.447 e. The fourth-order valence-electron chi connectivity index (χ4n) is 0.915. The van der Waals surface area contributed by atoms with Crippen molar-refractivity contribution in [2.75, 3.05) is 6.54 Å².